The van der Waals surface area contributed by atoms with E-state index < -0.39 is 0 Å². The number of hydrogen-bond donors (Lipinski definition) is 0. The van der Waals surface area contributed by atoms with E-state index in [9.17, 15) is 0 Å². The van der Waals surface area contributed by atoms with Crippen molar-refractivity contribution in [2.45, 2.75) is 6.42 Å². The second-order valence-corrected chi connectivity index (χ2v) is 4.62. The van der Waals surface area contributed by atoms with Crippen LogP contribution >= 0.6 is 27.5 Å². The van der Waals surface area contributed by atoms with Crippen molar-refractivity contribution in [3.05, 3.63) is 51.4 Å². The molecular formula is C10H8BrNS. The molecule has 2 rings (SSSR count). The lowest BCUT2D eigenvalue weighted by Crippen LogP contribution is -1.82. The first kappa shape index (κ1) is 8.91. The van der Waals surface area contributed by atoms with Crippen LogP contribution in [0.15, 0.2) is 41.0 Å². The Hall–Kier alpha value is -0.670. The van der Waals surface area contributed by atoms with Gasteiger partial charge >= 0.3 is 0 Å². The number of aromatic nitrogens is 1. The van der Waals surface area contributed by atoms with Gasteiger partial charge in [-0.25, -0.2) is 4.37 Å². The van der Waals surface area contributed by atoms with Gasteiger partial charge in [-0.2, -0.15) is 0 Å². The lowest BCUT2D eigenvalue weighted by Gasteiger charge is -1.97. The van der Waals surface area contributed by atoms with Gasteiger partial charge in [-0.05, 0) is 35.3 Å². The molecule has 0 radical (unpaired) electrons. The Bertz CT molecular complexity index is 366. The van der Waals surface area contributed by atoms with Crippen LogP contribution in [-0.2, 0) is 6.42 Å². The van der Waals surface area contributed by atoms with Crippen LogP contribution < -0.4 is 0 Å². The molecule has 0 unspecified atom stereocenters. The van der Waals surface area contributed by atoms with E-state index in [-0.39, 0.29) is 0 Å². The van der Waals surface area contributed by atoms with E-state index >= 15 is 0 Å². The van der Waals surface area contributed by atoms with Gasteiger partial charge in [0, 0.05) is 22.0 Å². The third-order valence-corrected chi connectivity index (χ3v) is 3.05. The largest absolute Gasteiger partial charge is 0.201 e. The highest BCUT2D eigenvalue weighted by molar-refractivity contribution is 9.10. The quantitative estimate of drug-likeness (QED) is 0.799. The predicted molar refractivity (Wildman–Crippen MR) is 59.1 cm³/mol. The van der Waals surface area contributed by atoms with Crippen molar-refractivity contribution in [3.8, 4) is 0 Å². The molecule has 0 saturated carbocycles. The zero-order chi connectivity index (χ0) is 9.10. The van der Waals surface area contributed by atoms with Crippen LogP contribution in [0.1, 0.15) is 10.4 Å². The van der Waals surface area contributed by atoms with E-state index in [0.29, 0.717) is 0 Å². The Balaban J connectivity index is 2.15. The first-order chi connectivity index (χ1) is 6.34. The van der Waals surface area contributed by atoms with Crippen molar-refractivity contribution in [1.82, 2.24) is 4.37 Å². The van der Waals surface area contributed by atoms with E-state index in [2.05, 4.69) is 50.6 Å². The molecule has 0 aliphatic heterocycles. The van der Waals surface area contributed by atoms with Gasteiger partial charge in [-0.15, -0.1) is 0 Å². The van der Waals surface area contributed by atoms with Gasteiger partial charge in [0.15, 0.2) is 0 Å². The Labute approximate surface area is 89.7 Å². The van der Waals surface area contributed by atoms with Gasteiger partial charge < -0.3 is 0 Å². The molecule has 1 heterocycles. The molecule has 1 aromatic heterocycles. The molecule has 0 spiro atoms. The van der Waals surface area contributed by atoms with E-state index in [1.807, 2.05) is 6.20 Å². The first-order valence-corrected chi connectivity index (χ1v) is 5.55. The van der Waals surface area contributed by atoms with Crippen LogP contribution in [-0.4, -0.2) is 4.37 Å². The Morgan fingerprint density at radius 3 is 2.54 bits per heavy atom. The number of halogens is 1. The fraction of sp³-hybridized carbons (Fsp3) is 0.100. The molecule has 0 atom stereocenters. The molecule has 3 heteroatoms. The monoisotopic (exact) mass is 253 g/mol. The number of hydrogen-bond acceptors (Lipinski definition) is 2. The number of benzene rings is 1. The van der Waals surface area contributed by atoms with Crippen LogP contribution in [0.25, 0.3) is 0 Å². The van der Waals surface area contributed by atoms with E-state index in [4.69, 9.17) is 0 Å². The number of nitrogens with zero attached hydrogens (tertiary/aromatic N) is 1. The summed E-state index contributed by atoms with van der Waals surface area (Å²) in [7, 11) is 0. The fourth-order valence-electron chi connectivity index (χ4n) is 1.14. The third kappa shape index (κ3) is 2.39. The van der Waals surface area contributed by atoms with Gasteiger partial charge in [-0.3, -0.25) is 0 Å². The van der Waals surface area contributed by atoms with Gasteiger partial charge in [0.1, 0.15) is 0 Å². The molecule has 2 aromatic rings. The van der Waals surface area contributed by atoms with E-state index in [1.165, 1.54) is 10.4 Å². The van der Waals surface area contributed by atoms with Crippen molar-refractivity contribution >= 4 is 27.5 Å². The summed E-state index contributed by atoms with van der Waals surface area (Å²) in [4.78, 5) is 1.31. The Kier molecular flexibility index (Phi) is 2.76. The molecule has 13 heavy (non-hydrogen) atoms. The molecule has 0 bridgehead atoms. The standard InChI is InChI=1S/C10H8BrNS/c11-9-3-1-8(2-4-9)7-10-5-6-12-13-10/h1-6H,7H2. The number of rotatable bonds is 2. The van der Waals surface area contributed by atoms with E-state index in [0.717, 1.165) is 10.9 Å². The normalized spacial score (nSPS) is 10.2. The summed E-state index contributed by atoms with van der Waals surface area (Å²) >= 11 is 4.97. The summed E-state index contributed by atoms with van der Waals surface area (Å²) in [5.41, 5.74) is 1.33. The average Bonchev–Trinajstić information content (AvgIpc) is 2.62. The average molecular weight is 254 g/mol. The van der Waals surface area contributed by atoms with Crippen molar-refractivity contribution in [2.24, 2.45) is 0 Å². The Morgan fingerprint density at radius 2 is 1.92 bits per heavy atom. The molecule has 0 fully saturated rings. The Morgan fingerprint density at radius 1 is 1.15 bits per heavy atom. The highest BCUT2D eigenvalue weighted by Crippen LogP contribution is 2.15. The first-order valence-electron chi connectivity index (χ1n) is 3.98. The molecule has 66 valence electrons. The molecule has 0 aliphatic carbocycles. The zero-order valence-electron chi connectivity index (χ0n) is 6.90. The molecule has 0 amide bonds. The summed E-state index contributed by atoms with van der Waals surface area (Å²) in [6, 6.07) is 10.5. The summed E-state index contributed by atoms with van der Waals surface area (Å²) in [5.74, 6) is 0. The van der Waals surface area contributed by atoms with Crippen molar-refractivity contribution in [3.63, 3.8) is 0 Å². The summed E-state index contributed by atoms with van der Waals surface area (Å²) < 4.78 is 5.19. The van der Waals surface area contributed by atoms with Crippen molar-refractivity contribution in [1.29, 1.82) is 0 Å². The fourth-order valence-corrected chi connectivity index (χ4v) is 2.01. The zero-order valence-corrected chi connectivity index (χ0v) is 9.31. The van der Waals surface area contributed by atoms with Crippen LogP contribution in [0, 0.1) is 0 Å². The van der Waals surface area contributed by atoms with Gasteiger partial charge in [0.25, 0.3) is 0 Å². The molecule has 0 aliphatic rings. The minimum atomic E-state index is 0.984. The van der Waals surface area contributed by atoms with Gasteiger partial charge in [0.05, 0.1) is 0 Å². The maximum absolute atomic E-state index is 4.07. The topological polar surface area (TPSA) is 12.9 Å². The summed E-state index contributed by atoms with van der Waals surface area (Å²) in [6.45, 7) is 0. The van der Waals surface area contributed by atoms with Gasteiger partial charge in [-0.1, -0.05) is 28.1 Å². The van der Waals surface area contributed by atoms with Crippen molar-refractivity contribution < 1.29 is 0 Å². The van der Waals surface area contributed by atoms with Gasteiger partial charge in [0.2, 0.25) is 0 Å². The van der Waals surface area contributed by atoms with Crippen LogP contribution in [0.2, 0.25) is 0 Å². The molecule has 0 N–H and O–H groups in total. The smallest absolute Gasteiger partial charge is 0.0409 e. The molecule has 1 nitrogen and oxygen atoms in total. The highest BCUT2D eigenvalue weighted by atomic mass is 79.9. The maximum Gasteiger partial charge on any atom is 0.0409 e. The molecular weight excluding hydrogens is 246 g/mol. The second kappa shape index (κ2) is 4.03. The molecule has 0 saturated heterocycles. The minimum absolute atomic E-state index is 0.984. The maximum atomic E-state index is 4.07. The van der Waals surface area contributed by atoms with E-state index in [1.54, 1.807) is 11.5 Å². The lowest BCUT2D eigenvalue weighted by molar-refractivity contribution is 1.24. The molecule has 1 aromatic carbocycles. The summed E-state index contributed by atoms with van der Waals surface area (Å²) in [5, 5.41) is 0. The summed E-state index contributed by atoms with van der Waals surface area (Å²) in [6.07, 6.45) is 2.83. The van der Waals surface area contributed by atoms with Crippen molar-refractivity contribution in [2.75, 3.05) is 0 Å². The minimum Gasteiger partial charge on any atom is -0.201 e. The third-order valence-electron chi connectivity index (χ3n) is 1.78. The van der Waals surface area contributed by atoms with Crippen LogP contribution in [0.4, 0.5) is 0 Å². The lowest BCUT2D eigenvalue weighted by atomic mass is 10.1. The SMILES string of the molecule is Brc1ccc(Cc2ccns2)cc1. The highest BCUT2D eigenvalue weighted by Gasteiger charge is 1.97. The predicted octanol–water partition coefficient (Wildman–Crippen LogP) is 3.50. The van der Waals surface area contributed by atoms with Crippen LogP contribution in [0.3, 0.4) is 0 Å². The second-order valence-electron chi connectivity index (χ2n) is 2.78. The van der Waals surface area contributed by atoms with Crippen LogP contribution in [0.5, 0.6) is 0 Å².